The Bertz CT molecular complexity index is 418. The predicted octanol–water partition coefficient (Wildman–Crippen LogP) is 2.72. The molecule has 1 aromatic carbocycles. The van der Waals surface area contributed by atoms with Crippen LogP contribution in [0.5, 0.6) is 0 Å². The fraction of sp³-hybridized carbons (Fsp3) is 0.625. The van der Waals surface area contributed by atoms with Crippen LogP contribution in [0.25, 0.3) is 0 Å². The zero-order valence-corrected chi connectivity index (χ0v) is 14.3. The van der Waals surface area contributed by atoms with Gasteiger partial charge in [0.2, 0.25) is 0 Å². The van der Waals surface area contributed by atoms with Crippen LogP contribution >= 0.6 is 15.9 Å². The summed E-state index contributed by atoms with van der Waals surface area (Å²) in [5, 5.41) is 0. The topological polar surface area (TPSA) is 32.5 Å². The minimum Gasteiger partial charge on any atom is -0.326 e. The van der Waals surface area contributed by atoms with Crippen LogP contribution in [0.15, 0.2) is 28.7 Å². The molecule has 1 fully saturated rings. The molecule has 0 aromatic heterocycles. The van der Waals surface area contributed by atoms with Gasteiger partial charge in [0.15, 0.2) is 0 Å². The third kappa shape index (κ3) is 4.04. The fourth-order valence-corrected chi connectivity index (χ4v) is 3.58. The lowest BCUT2D eigenvalue weighted by atomic mass is 9.98. The molecule has 1 aliphatic rings. The van der Waals surface area contributed by atoms with E-state index >= 15 is 0 Å². The summed E-state index contributed by atoms with van der Waals surface area (Å²) in [5.41, 5.74) is 7.55. The van der Waals surface area contributed by atoms with E-state index in [9.17, 15) is 0 Å². The summed E-state index contributed by atoms with van der Waals surface area (Å²) < 4.78 is 1.12. The van der Waals surface area contributed by atoms with Crippen LogP contribution in [-0.4, -0.2) is 49.6 Å². The van der Waals surface area contributed by atoms with E-state index < -0.39 is 0 Å². The molecule has 20 heavy (non-hydrogen) atoms. The van der Waals surface area contributed by atoms with Crippen LogP contribution in [0.2, 0.25) is 0 Å². The van der Waals surface area contributed by atoms with Gasteiger partial charge in [-0.25, -0.2) is 0 Å². The van der Waals surface area contributed by atoms with E-state index in [1.165, 1.54) is 25.1 Å². The van der Waals surface area contributed by atoms with E-state index in [0.29, 0.717) is 0 Å². The van der Waals surface area contributed by atoms with Gasteiger partial charge in [-0.1, -0.05) is 28.1 Å². The van der Waals surface area contributed by atoms with Crippen molar-refractivity contribution in [2.45, 2.75) is 25.4 Å². The predicted molar refractivity (Wildman–Crippen MR) is 88.8 cm³/mol. The van der Waals surface area contributed by atoms with Gasteiger partial charge in [-0.05, 0) is 57.6 Å². The number of hydrogen-bond donors (Lipinski definition) is 1. The minimum atomic E-state index is 0.125. The van der Waals surface area contributed by atoms with Crippen molar-refractivity contribution in [3.05, 3.63) is 34.3 Å². The summed E-state index contributed by atoms with van der Waals surface area (Å²) in [4.78, 5) is 4.84. The first-order valence-electron chi connectivity index (χ1n) is 7.37. The van der Waals surface area contributed by atoms with E-state index in [0.717, 1.165) is 16.9 Å². The lowest BCUT2D eigenvalue weighted by Crippen LogP contribution is -2.40. The van der Waals surface area contributed by atoms with Crippen LogP contribution in [0.3, 0.4) is 0 Å². The second kappa shape index (κ2) is 7.03. The molecule has 1 aliphatic heterocycles. The van der Waals surface area contributed by atoms with Gasteiger partial charge in [-0.2, -0.15) is 0 Å². The molecule has 0 bridgehead atoms. The normalized spacial score (nSPS) is 23.2. The quantitative estimate of drug-likeness (QED) is 0.895. The largest absolute Gasteiger partial charge is 0.326 e. The second-order valence-electron chi connectivity index (χ2n) is 6.21. The molecule has 3 atom stereocenters. The molecule has 112 valence electrons. The van der Waals surface area contributed by atoms with E-state index in [-0.39, 0.29) is 12.1 Å². The summed E-state index contributed by atoms with van der Waals surface area (Å²) in [7, 11) is 4.41. The maximum atomic E-state index is 6.25. The number of hydrogen-bond acceptors (Lipinski definition) is 3. The lowest BCUT2D eigenvalue weighted by Gasteiger charge is -2.33. The van der Waals surface area contributed by atoms with Crippen molar-refractivity contribution in [1.29, 1.82) is 0 Å². The first-order chi connectivity index (χ1) is 9.47. The Balaban J connectivity index is 2.06. The highest BCUT2D eigenvalue weighted by molar-refractivity contribution is 9.10. The summed E-state index contributed by atoms with van der Waals surface area (Å²) in [5.74, 6) is 0.765. The monoisotopic (exact) mass is 339 g/mol. The molecule has 0 aliphatic carbocycles. The highest BCUT2D eigenvalue weighted by Crippen LogP contribution is 2.26. The smallest absolute Gasteiger partial charge is 0.0493 e. The first-order valence-corrected chi connectivity index (χ1v) is 8.16. The van der Waals surface area contributed by atoms with E-state index in [2.05, 4.69) is 71.0 Å². The molecular weight excluding hydrogens is 314 g/mol. The van der Waals surface area contributed by atoms with Crippen molar-refractivity contribution in [2.75, 3.05) is 33.7 Å². The fourth-order valence-electron chi connectivity index (χ4n) is 3.32. The Hall–Kier alpha value is -0.420. The Labute approximate surface area is 131 Å². The number of nitrogens with zero attached hydrogens (tertiary/aromatic N) is 2. The molecule has 1 aromatic rings. The maximum absolute atomic E-state index is 6.25. The van der Waals surface area contributed by atoms with Gasteiger partial charge in [0.25, 0.3) is 0 Å². The molecule has 1 heterocycles. The van der Waals surface area contributed by atoms with Crippen molar-refractivity contribution in [1.82, 2.24) is 9.80 Å². The van der Waals surface area contributed by atoms with Crippen molar-refractivity contribution in [3.63, 3.8) is 0 Å². The molecule has 0 radical (unpaired) electrons. The van der Waals surface area contributed by atoms with Gasteiger partial charge < -0.3 is 10.6 Å². The van der Waals surface area contributed by atoms with E-state index in [4.69, 9.17) is 5.73 Å². The van der Waals surface area contributed by atoms with Crippen LogP contribution in [0, 0.1) is 5.92 Å². The summed E-state index contributed by atoms with van der Waals surface area (Å²) >= 11 is 3.50. The summed E-state index contributed by atoms with van der Waals surface area (Å²) in [6.07, 6.45) is 1.30. The zero-order valence-electron chi connectivity index (χ0n) is 12.7. The minimum absolute atomic E-state index is 0.125. The van der Waals surface area contributed by atoms with Crippen LogP contribution in [0.4, 0.5) is 0 Å². The molecule has 0 saturated carbocycles. The number of rotatable bonds is 5. The van der Waals surface area contributed by atoms with E-state index in [1.807, 2.05) is 0 Å². The maximum Gasteiger partial charge on any atom is 0.0493 e. The Kier molecular flexibility index (Phi) is 5.61. The molecular formula is C16H26BrN3. The lowest BCUT2D eigenvalue weighted by molar-refractivity contribution is 0.187. The van der Waals surface area contributed by atoms with Crippen LogP contribution in [-0.2, 0) is 0 Å². The zero-order chi connectivity index (χ0) is 14.7. The molecule has 1 saturated heterocycles. The van der Waals surface area contributed by atoms with Gasteiger partial charge in [0.05, 0.1) is 0 Å². The third-order valence-corrected chi connectivity index (χ3v) is 4.75. The number of benzene rings is 1. The Morgan fingerprint density at radius 1 is 1.40 bits per heavy atom. The van der Waals surface area contributed by atoms with E-state index in [1.54, 1.807) is 0 Å². The van der Waals surface area contributed by atoms with Gasteiger partial charge in [0, 0.05) is 29.6 Å². The average molecular weight is 340 g/mol. The van der Waals surface area contributed by atoms with Crippen molar-refractivity contribution < 1.29 is 0 Å². The molecule has 0 spiro atoms. The molecule has 2 rings (SSSR count). The average Bonchev–Trinajstić information content (AvgIpc) is 2.77. The number of halogens is 1. The summed E-state index contributed by atoms with van der Waals surface area (Å²) in [6.45, 7) is 5.65. The van der Waals surface area contributed by atoms with Gasteiger partial charge >= 0.3 is 0 Å². The van der Waals surface area contributed by atoms with Gasteiger partial charge in [-0.3, -0.25) is 4.90 Å². The molecule has 2 N–H and O–H groups in total. The number of likely N-dealkylation sites (N-methyl/N-ethyl adjacent to an activating group) is 1. The number of nitrogens with two attached hydrogens (primary N) is 1. The van der Waals surface area contributed by atoms with Gasteiger partial charge in [-0.15, -0.1) is 0 Å². The summed E-state index contributed by atoms with van der Waals surface area (Å²) in [6, 6.07) is 8.96. The first kappa shape index (κ1) is 16.0. The van der Waals surface area contributed by atoms with Crippen molar-refractivity contribution >= 4 is 15.9 Å². The molecule has 3 unspecified atom stereocenters. The Morgan fingerprint density at radius 2 is 2.05 bits per heavy atom. The van der Waals surface area contributed by atoms with Crippen molar-refractivity contribution in [3.8, 4) is 0 Å². The second-order valence-corrected chi connectivity index (χ2v) is 7.13. The standard InChI is InChI=1S/C16H26BrN3/c1-12(18)16(14-4-6-15(17)7-5-14)20(3)11-13-8-9-19(2)10-13/h4-7,12-13,16H,8-11,18H2,1-3H3. The van der Waals surface area contributed by atoms with Gasteiger partial charge in [0.1, 0.15) is 0 Å². The molecule has 3 nitrogen and oxygen atoms in total. The number of likely N-dealkylation sites (tertiary alicyclic amines) is 1. The molecule has 0 amide bonds. The third-order valence-electron chi connectivity index (χ3n) is 4.22. The highest BCUT2D eigenvalue weighted by Gasteiger charge is 2.26. The molecule has 4 heteroatoms. The highest BCUT2D eigenvalue weighted by atomic mass is 79.9. The Morgan fingerprint density at radius 3 is 2.55 bits per heavy atom. The SMILES string of the molecule is CC(N)C(c1ccc(Br)cc1)N(C)CC1CCN(C)C1. The van der Waals surface area contributed by atoms with Crippen LogP contribution in [0.1, 0.15) is 24.9 Å². The van der Waals surface area contributed by atoms with Crippen molar-refractivity contribution in [2.24, 2.45) is 11.7 Å². The van der Waals surface area contributed by atoms with Crippen LogP contribution < -0.4 is 5.73 Å².